The van der Waals surface area contributed by atoms with Crippen LogP contribution in [0.1, 0.15) is 17.7 Å². The topological polar surface area (TPSA) is 49.4 Å². The molecule has 0 atom stereocenters. The van der Waals surface area contributed by atoms with Crippen LogP contribution >= 0.6 is 11.3 Å². The molecule has 118 valence electrons. The predicted molar refractivity (Wildman–Crippen MR) is 87.7 cm³/mol. The van der Waals surface area contributed by atoms with Crippen LogP contribution in [-0.4, -0.2) is 21.5 Å². The third-order valence-electron chi connectivity index (χ3n) is 3.63. The van der Waals surface area contributed by atoms with Crippen LogP contribution < -0.4 is 9.62 Å². The smallest absolute Gasteiger partial charge is 0.271 e. The van der Waals surface area contributed by atoms with E-state index in [2.05, 4.69) is 9.62 Å². The van der Waals surface area contributed by atoms with E-state index >= 15 is 0 Å². The van der Waals surface area contributed by atoms with Crippen molar-refractivity contribution in [3.8, 4) is 0 Å². The summed E-state index contributed by atoms with van der Waals surface area (Å²) in [6.45, 7) is 3.57. The average molecular weight is 340 g/mol. The summed E-state index contributed by atoms with van der Waals surface area (Å²) in [5.74, 6) is -0.456. The first-order valence-electron chi connectivity index (χ1n) is 7.09. The molecule has 4 nitrogen and oxygen atoms in total. The molecule has 1 N–H and O–H groups in total. The monoisotopic (exact) mass is 340 g/mol. The number of benzene rings is 1. The van der Waals surface area contributed by atoms with Crippen LogP contribution in [0, 0.1) is 12.7 Å². The van der Waals surface area contributed by atoms with Gasteiger partial charge in [-0.1, -0.05) is 0 Å². The summed E-state index contributed by atoms with van der Waals surface area (Å²) in [7, 11) is -3.69. The van der Waals surface area contributed by atoms with E-state index in [1.54, 1.807) is 18.2 Å². The quantitative estimate of drug-likeness (QED) is 0.925. The van der Waals surface area contributed by atoms with Gasteiger partial charge in [-0.25, -0.2) is 12.8 Å². The second kappa shape index (κ2) is 5.89. The number of hydrogen-bond acceptors (Lipinski definition) is 4. The molecule has 1 aromatic heterocycles. The highest BCUT2D eigenvalue weighted by Gasteiger charge is 2.21. The van der Waals surface area contributed by atoms with Gasteiger partial charge in [-0.2, -0.15) is 0 Å². The molecule has 22 heavy (non-hydrogen) atoms. The van der Waals surface area contributed by atoms with E-state index in [1.165, 1.54) is 23.5 Å². The molecule has 7 heteroatoms. The molecule has 1 aliphatic heterocycles. The van der Waals surface area contributed by atoms with Crippen LogP contribution in [0.25, 0.3) is 0 Å². The zero-order valence-corrected chi connectivity index (χ0v) is 13.8. The number of sulfonamides is 1. The van der Waals surface area contributed by atoms with Gasteiger partial charge in [0.1, 0.15) is 10.0 Å². The molecule has 1 aliphatic rings. The van der Waals surface area contributed by atoms with Gasteiger partial charge in [-0.3, -0.25) is 4.72 Å². The van der Waals surface area contributed by atoms with Crippen LogP contribution in [0.2, 0.25) is 0 Å². The number of hydrogen-bond donors (Lipinski definition) is 1. The summed E-state index contributed by atoms with van der Waals surface area (Å²) in [5.41, 5.74) is 1.03. The first-order valence-corrected chi connectivity index (χ1v) is 9.39. The Hall–Kier alpha value is -1.60. The van der Waals surface area contributed by atoms with Gasteiger partial charge < -0.3 is 4.90 Å². The van der Waals surface area contributed by atoms with Gasteiger partial charge in [0.25, 0.3) is 10.0 Å². The van der Waals surface area contributed by atoms with E-state index in [9.17, 15) is 12.8 Å². The van der Waals surface area contributed by atoms with Gasteiger partial charge in [-0.05, 0) is 44.0 Å². The molecule has 0 bridgehead atoms. The molecular weight excluding hydrogens is 323 g/mol. The van der Waals surface area contributed by atoms with Crippen LogP contribution in [0.5, 0.6) is 0 Å². The minimum absolute atomic E-state index is 0.238. The first-order chi connectivity index (χ1) is 10.5. The van der Waals surface area contributed by atoms with Gasteiger partial charge >= 0.3 is 0 Å². The molecule has 1 fully saturated rings. The van der Waals surface area contributed by atoms with E-state index < -0.39 is 15.8 Å². The van der Waals surface area contributed by atoms with Gasteiger partial charge in [0, 0.05) is 24.0 Å². The van der Waals surface area contributed by atoms with E-state index in [0.29, 0.717) is 5.69 Å². The van der Waals surface area contributed by atoms with Gasteiger partial charge in [0.2, 0.25) is 0 Å². The lowest BCUT2D eigenvalue weighted by molar-refractivity contribution is 0.603. The lowest BCUT2D eigenvalue weighted by atomic mass is 10.2. The van der Waals surface area contributed by atoms with Crippen molar-refractivity contribution >= 4 is 32.7 Å². The van der Waals surface area contributed by atoms with Crippen LogP contribution in [0.3, 0.4) is 0 Å². The molecular formula is C15H17FN2O2S2. The number of rotatable bonds is 4. The third kappa shape index (κ3) is 3.10. The van der Waals surface area contributed by atoms with E-state index in [0.717, 1.165) is 36.5 Å². The molecule has 0 unspecified atom stereocenters. The molecule has 2 aromatic rings. The Morgan fingerprint density at radius 3 is 2.55 bits per heavy atom. The Bertz CT molecular complexity index is 781. The summed E-state index contributed by atoms with van der Waals surface area (Å²) in [5, 5.41) is 0. The van der Waals surface area contributed by atoms with Gasteiger partial charge in [0.05, 0.1) is 11.4 Å². The van der Waals surface area contributed by atoms with Crippen molar-refractivity contribution in [2.24, 2.45) is 0 Å². The Labute approximate surface area is 133 Å². The number of thiophene rings is 1. The lowest BCUT2D eigenvalue weighted by Gasteiger charge is -2.21. The second-order valence-electron chi connectivity index (χ2n) is 5.33. The predicted octanol–water partition coefficient (Wildman–Crippen LogP) is 3.60. The maximum absolute atomic E-state index is 13.6. The average Bonchev–Trinajstić information content (AvgIpc) is 3.10. The van der Waals surface area contributed by atoms with Crippen molar-refractivity contribution in [3.63, 3.8) is 0 Å². The third-order valence-corrected chi connectivity index (χ3v) is 6.49. The highest BCUT2D eigenvalue weighted by molar-refractivity contribution is 7.94. The van der Waals surface area contributed by atoms with Crippen molar-refractivity contribution in [2.45, 2.75) is 24.0 Å². The maximum atomic E-state index is 13.6. The van der Waals surface area contributed by atoms with Crippen molar-refractivity contribution in [2.75, 3.05) is 22.7 Å². The summed E-state index contributed by atoms with van der Waals surface area (Å²) in [6.07, 6.45) is 2.13. The molecule has 0 spiro atoms. The Morgan fingerprint density at radius 2 is 1.91 bits per heavy atom. The summed E-state index contributed by atoms with van der Waals surface area (Å²) >= 11 is 1.20. The number of halogens is 1. The molecule has 0 saturated carbocycles. The first kappa shape index (κ1) is 15.3. The van der Waals surface area contributed by atoms with Crippen molar-refractivity contribution in [3.05, 3.63) is 41.0 Å². The highest BCUT2D eigenvalue weighted by Crippen LogP contribution is 2.32. The Balaban J connectivity index is 1.95. The number of nitrogens with zero attached hydrogens (tertiary/aromatic N) is 1. The zero-order chi connectivity index (χ0) is 15.7. The highest BCUT2D eigenvalue weighted by atomic mass is 32.2. The van der Waals surface area contributed by atoms with Crippen molar-refractivity contribution in [1.82, 2.24) is 0 Å². The lowest BCUT2D eigenvalue weighted by Crippen LogP contribution is -2.21. The van der Waals surface area contributed by atoms with E-state index in [4.69, 9.17) is 0 Å². The van der Waals surface area contributed by atoms with Gasteiger partial charge in [-0.15, -0.1) is 11.3 Å². The Morgan fingerprint density at radius 1 is 1.18 bits per heavy atom. The molecule has 1 saturated heterocycles. The van der Waals surface area contributed by atoms with Crippen molar-refractivity contribution < 1.29 is 12.8 Å². The van der Waals surface area contributed by atoms with E-state index in [1.807, 2.05) is 6.92 Å². The fraction of sp³-hybridized carbons (Fsp3) is 0.333. The standard InChI is InChI=1S/C15H17FN2O2S2/c1-11-4-7-15(21-11)22(19,20)17-13-10-12(16)5-6-14(13)18-8-2-3-9-18/h4-7,10,17H,2-3,8-9H2,1H3. The zero-order valence-electron chi connectivity index (χ0n) is 12.2. The molecule has 0 aliphatic carbocycles. The van der Waals surface area contributed by atoms with Gasteiger partial charge in [0.15, 0.2) is 0 Å². The van der Waals surface area contributed by atoms with Crippen molar-refractivity contribution in [1.29, 1.82) is 0 Å². The molecule has 0 amide bonds. The van der Waals surface area contributed by atoms with Crippen LogP contribution in [-0.2, 0) is 10.0 Å². The largest absolute Gasteiger partial charge is 0.370 e. The molecule has 3 rings (SSSR count). The number of nitrogens with one attached hydrogen (secondary N) is 1. The minimum Gasteiger partial charge on any atom is -0.370 e. The molecule has 0 radical (unpaired) electrons. The fourth-order valence-electron chi connectivity index (χ4n) is 2.58. The fourth-order valence-corrected chi connectivity index (χ4v) is 4.92. The number of aryl methyl sites for hydroxylation is 1. The van der Waals surface area contributed by atoms with Crippen LogP contribution in [0.4, 0.5) is 15.8 Å². The summed E-state index contributed by atoms with van der Waals surface area (Å²) in [4.78, 5) is 3.00. The van der Waals surface area contributed by atoms with Crippen LogP contribution in [0.15, 0.2) is 34.5 Å². The second-order valence-corrected chi connectivity index (χ2v) is 8.52. The molecule has 2 heterocycles. The molecule has 1 aromatic carbocycles. The minimum atomic E-state index is -3.69. The number of anilines is 2. The Kier molecular flexibility index (Phi) is 4.10. The summed E-state index contributed by atoms with van der Waals surface area (Å²) in [6, 6.07) is 7.56. The SMILES string of the molecule is Cc1ccc(S(=O)(=O)Nc2cc(F)ccc2N2CCCC2)s1. The maximum Gasteiger partial charge on any atom is 0.271 e. The normalized spacial score (nSPS) is 15.3. The van der Waals surface area contributed by atoms with E-state index in [-0.39, 0.29) is 4.21 Å². The summed E-state index contributed by atoms with van der Waals surface area (Å²) < 4.78 is 41.2.